The van der Waals surface area contributed by atoms with Gasteiger partial charge in [-0.1, -0.05) is 0 Å². The molecule has 24 heavy (non-hydrogen) atoms. The SMILES string of the molecule is Cc1occc1C(=O)N/N=C\c1cc([N+](=O)[O-])cc([N+](=O)[O-])c1O. The average Bonchev–Trinajstić information content (AvgIpc) is 2.94. The minimum atomic E-state index is -0.965. The molecule has 1 aromatic heterocycles. The first-order chi connectivity index (χ1) is 11.3. The minimum Gasteiger partial charge on any atom is -0.502 e. The molecule has 0 bridgehead atoms. The average molecular weight is 334 g/mol. The van der Waals surface area contributed by atoms with E-state index in [0.29, 0.717) is 11.8 Å². The van der Waals surface area contributed by atoms with Gasteiger partial charge in [0.1, 0.15) is 5.76 Å². The number of carbonyl (C=O) groups excluding carboxylic acids is 1. The Kier molecular flexibility index (Phi) is 4.54. The van der Waals surface area contributed by atoms with Crippen molar-refractivity contribution in [3.05, 3.63) is 61.6 Å². The first-order valence-corrected chi connectivity index (χ1v) is 6.34. The Bertz CT molecular complexity index is 856. The Hall–Kier alpha value is -3.76. The van der Waals surface area contributed by atoms with Crippen LogP contribution in [0.1, 0.15) is 21.7 Å². The molecule has 11 heteroatoms. The number of hydrogen-bond donors (Lipinski definition) is 2. The quantitative estimate of drug-likeness (QED) is 0.479. The molecule has 1 amide bonds. The Morgan fingerprint density at radius 1 is 1.33 bits per heavy atom. The second-order valence-corrected chi connectivity index (χ2v) is 4.51. The predicted molar refractivity (Wildman–Crippen MR) is 79.9 cm³/mol. The highest BCUT2D eigenvalue weighted by molar-refractivity contribution is 5.96. The van der Waals surface area contributed by atoms with Crippen molar-refractivity contribution in [1.82, 2.24) is 5.43 Å². The van der Waals surface area contributed by atoms with Crippen molar-refractivity contribution in [2.75, 3.05) is 0 Å². The summed E-state index contributed by atoms with van der Waals surface area (Å²) in [4.78, 5) is 31.6. The van der Waals surface area contributed by atoms with Crippen LogP contribution in [0, 0.1) is 27.2 Å². The van der Waals surface area contributed by atoms with E-state index in [-0.39, 0.29) is 11.1 Å². The van der Waals surface area contributed by atoms with Crippen LogP contribution in [-0.4, -0.2) is 27.1 Å². The van der Waals surface area contributed by atoms with Gasteiger partial charge in [0.15, 0.2) is 0 Å². The third-order valence-electron chi connectivity index (χ3n) is 2.98. The van der Waals surface area contributed by atoms with E-state index in [2.05, 4.69) is 10.5 Å². The number of amides is 1. The van der Waals surface area contributed by atoms with Crippen LogP contribution in [0.3, 0.4) is 0 Å². The van der Waals surface area contributed by atoms with Gasteiger partial charge >= 0.3 is 5.69 Å². The van der Waals surface area contributed by atoms with Crippen molar-refractivity contribution >= 4 is 23.5 Å². The van der Waals surface area contributed by atoms with Gasteiger partial charge in [-0.05, 0) is 13.0 Å². The van der Waals surface area contributed by atoms with Crippen LogP contribution in [0.15, 0.2) is 34.0 Å². The van der Waals surface area contributed by atoms with Crippen LogP contribution in [0.4, 0.5) is 11.4 Å². The molecule has 2 N–H and O–H groups in total. The van der Waals surface area contributed by atoms with Crippen molar-refractivity contribution in [2.24, 2.45) is 5.10 Å². The number of hydrogen-bond acceptors (Lipinski definition) is 8. The normalized spacial score (nSPS) is 10.7. The molecule has 0 unspecified atom stereocenters. The second-order valence-electron chi connectivity index (χ2n) is 4.51. The van der Waals surface area contributed by atoms with Gasteiger partial charge in [0.25, 0.3) is 11.6 Å². The van der Waals surface area contributed by atoms with E-state index < -0.39 is 32.9 Å². The van der Waals surface area contributed by atoms with Crippen molar-refractivity contribution < 1.29 is 24.2 Å². The first-order valence-electron chi connectivity index (χ1n) is 6.34. The Labute approximate surface area is 133 Å². The van der Waals surface area contributed by atoms with Gasteiger partial charge in [-0.3, -0.25) is 25.0 Å². The molecule has 1 aromatic carbocycles. The Morgan fingerprint density at radius 3 is 2.58 bits per heavy atom. The van der Waals surface area contributed by atoms with Gasteiger partial charge in [0, 0.05) is 6.07 Å². The molecule has 1 heterocycles. The number of phenols is 1. The van der Waals surface area contributed by atoms with Crippen molar-refractivity contribution in [2.45, 2.75) is 6.92 Å². The van der Waals surface area contributed by atoms with Gasteiger partial charge in [-0.15, -0.1) is 0 Å². The van der Waals surface area contributed by atoms with E-state index in [1.54, 1.807) is 6.92 Å². The lowest BCUT2D eigenvalue weighted by molar-refractivity contribution is -0.394. The van der Waals surface area contributed by atoms with Gasteiger partial charge in [0.2, 0.25) is 5.75 Å². The number of non-ortho nitro benzene ring substituents is 1. The minimum absolute atomic E-state index is 0.224. The fraction of sp³-hybridized carbons (Fsp3) is 0.0769. The van der Waals surface area contributed by atoms with Crippen LogP contribution in [0.5, 0.6) is 5.75 Å². The second kappa shape index (κ2) is 6.56. The molecular weight excluding hydrogens is 324 g/mol. The number of carbonyl (C=O) groups is 1. The maximum atomic E-state index is 11.8. The number of nitro groups is 2. The largest absolute Gasteiger partial charge is 0.502 e. The Balaban J connectivity index is 2.28. The third kappa shape index (κ3) is 3.35. The van der Waals surface area contributed by atoms with E-state index in [4.69, 9.17) is 4.42 Å². The first kappa shape index (κ1) is 16.6. The smallest absolute Gasteiger partial charge is 0.318 e. The number of benzene rings is 1. The molecule has 11 nitrogen and oxygen atoms in total. The van der Waals surface area contributed by atoms with Gasteiger partial charge in [0.05, 0.1) is 39.5 Å². The molecular formula is C13H10N4O7. The zero-order valence-corrected chi connectivity index (χ0v) is 12.1. The van der Waals surface area contributed by atoms with Crippen molar-refractivity contribution in [3.63, 3.8) is 0 Å². The van der Waals surface area contributed by atoms with Crippen molar-refractivity contribution in [1.29, 1.82) is 0 Å². The summed E-state index contributed by atoms with van der Waals surface area (Å²) in [5.74, 6) is -1.06. The number of hydrazone groups is 1. The molecule has 0 aliphatic rings. The molecule has 0 aliphatic heterocycles. The van der Waals surface area contributed by atoms with Crippen LogP contribution in [0.2, 0.25) is 0 Å². The van der Waals surface area contributed by atoms with Gasteiger partial charge in [-0.2, -0.15) is 5.10 Å². The number of nitrogens with one attached hydrogen (secondary N) is 1. The molecule has 0 fully saturated rings. The summed E-state index contributed by atoms with van der Waals surface area (Å²) in [6, 6.07) is 2.93. The molecule has 0 atom stereocenters. The van der Waals surface area contributed by atoms with Gasteiger partial charge < -0.3 is 9.52 Å². The zero-order valence-electron chi connectivity index (χ0n) is 12.1. The number of nitrogens with zero attached hydrogens (tertiary/aromatic N) is 3. The molecule has 0 saturated heterocycles. The fourth-order valence-corrected chi connectivity index (χ4v) is 1.81. The molecule has 0 aliphatic carbocycles. The summed E-state index contributed by atoms with van der Waals surface area (Å²) >= 11 is 0. The number of phenolic OH excluding ortho intramolecular Hbond substituents is 1. The maximum Gasteiger partial charge on any atom is 0.318 e. The maximum absolute atomic E-state index is 11.8. The lowest BCUT2D eigenvalue weighted by Gasteiger charge is -2.01. The molecule has 0 spiro atoms. The topological polar surface area (TPSA) is 161 Å². The highest BCUT2D eigenvalue weighted by Gasteiger charge is 2.23. The van der Waals surface area contributed by atoms with E-state index in [9.17, 15) is 30.1 Å². The molecule has 0 radical (unpaired) electrons. The molecule has 2 aromatic rings. The van der Waals surface area contributed by atoms with Crippen molar-refractivity contribution in [3.8, 4) is 5.75 Å². The number of furan rings is 1. The summed E-state index contributed by atoms with van der Waals surface area (Å²) in [7, 11) is 0. The summed E-state index contributed by atoms with van der Waals surface area (Å²) in [5, 5.41) is 34.9. The number of aromatic hydroxyl groups is 1. The lowest BCUT2D eigenvalue weighted by atomic mass is 10.1. The summed E-state index contributed by atoms with van der Waals surface area (Å²) in [6.45, 7) is 1.56. The van der Waals surface area contributed by atoms with Gasteiger partial charge in [-0.25, -0.2) is 5.43 Å². The number of aryl methyl sites for hydroxylation is 1. The van der Waals surface area contributed by atoms with E-state index in [1.807, 2.05) is 0 Å². The van der Waals surface area contributed by atoms with Crippen LogP contribution >= 0.6 is 0 Å². The predicted octanol–water partition coefficient (Wildman–Crippen LogP) is 1.87. The summed E-state index contributed by atoms with van der Waals surface area (Å²) in [6.07, 6.45) is 2.17. The van der Waals surface area contributed by atoms with Crippen LogP contribution in [-0.2, 0) is 0 Å². The summed E-state index contributed by atoms with van der Waals surface area (Å²) in [5.41, 5.74) is 0.607. The summed E-state index contributed by atoms with van der Waals surface area (Å²) < 4.78 is 4.95. The van der Waals surface area contributed by atoms with E-state index in [1.165, 1.54) is 12.3 Å². The zero-order chi connectivity index (χ0) is 17.9. The molecule has 2 rings (SSSR count). The highest BCUT2D eigenvalue weighted by Crippen LogP contribution is 2.33. The molecule has 124 valence electrons. The van der Waals surface area contributed by atoms with E-state index in [0.717, 1.165) is 12.3 Å². The third-order valence-corrected chi connectivity index (χ3v) is 2.98. The van der Waals surface area contributed by atoms with Crippen LogP contribution in [0.25, 0.3) is 0 Å². The number of nitro benzene ring substituents is 2. The fourth-order valence-electron chi connectivity index (χ4n) is 1.81. The lowest BCUT2D eigenvalue weighted by Crippen LogP contribution is -2.17. The Morgan fingerprint density at radius 2 is 2.04 bits per heavy atom. The monoisotopic (exact) mass is 334 g/mol. The standard InChI is InChI=1S/C13H10N4O7/c1-7-10(2-3-24-7)13(19)15-14-6-8-4-9(16(20)21)5-11(12(8)18)17(22)23/h2-6,18H,1H3,(H,15,19)/b14-6-. The van der Waals surface area contributed by atoms with Crippen LogP contribution < -0.4 is 5.43 Å². The molecule has 0 saturated carbocycles. The van der Waals surface area contributed by atoms with E-state index >= 15 is 0 Å². The number of rotatable bonds is 5. The highest BCUT2D eigenvalue weighted by atomic mass is 16.6.